The first-order valence-corrected chi connectivity index (χ1v) is 7.89. The molecule has 0 spiro atoms. The average Bonchev–Trinajstić information content (AvgIpc) is 2.47. The first-order valence-electron chi connectivity index (χ1n) is 7.89. The summed E-state index contributed by atoms with van der Waals surface area (Å²) in [6, 6.07) is 17.9. The van der Waals surface area contributed by atoms with Crippen LogP contribution in [0.1, 0.15) is 24.8 Å². The zero-order valence-corrected chi connectivity index (χ0v) is 12.6. The van der Waals surface area contributed by atoms with Gasteiger partial charge in [-0.25, -0.2) is 0 Å². The molecule has 1 saturated carbocycles. The van der Waals surface area contributed by atoms with E-state index in [1.165, 1.54) is 12.0 Å². The summed E-state index contributed by atoms with van der Waals surface area (Å²) >= 11 is 0. The van der Waals surface area contributed by atoms with Crippen LogP contribution in [0.4, 0.5) is 5.69 Å². The van der Waals surface area contributed by atoms with Crippen LogP contribution in [0.15, 0.2) is 54.6 Å². The van der Waals surface area contributed by atoms with Crippen LogP contribution in [-0.2, 0) is 11.2 Å². The molecule has 1 aliphatic rings. The molecule has 3 nitrogen and oxygen atoms in total. The molecule has 0 unspecified atom stereocenters. The van der Waals surface area contributed by atoms with E-state index in [1.54, 1.807) is 0 Å². The van der Waals surface area contributed by atoms with Crippen LogP contribution in [0.2, 0.25) is 0 Å². The molecule has 114 valence electrons. The number of carbonyl (C=O) groups excluding carboxylic acids is 1. The van der Waals surface area contributed by atoms with E-state index in [0.29, 0.717) is 6.61 Å². The molecule has 22 heavy (non-hydrogen) atoms. The highest BCUT2D eigenvalue weighted by atomic mass is 16.5. The number of ether oxygens (including phenoxy) is 1. The predicted octanol–water partition coefficient (Wildman–Crippen LogP) is 4.05. The van der Waals surface area contributed by atoms with Crippen LogP contribution in [0.3, 0.4) is 0 Å². The molecule has 0 heterocycles. The van der Waals surface area contributed by atoms with E-state index in [-0.39, 0.29) is 11.8 Å². The standard InChI is InChI=1S/C19H21NO2/c21-19(16-8-4-9-16)20-17-10-5-11-18(14-17)22-13-12-15-6-2-1-3-7-15/h1-3,5-7,10-11,14,16H,4,8-9,12-13H2,(H,20,21). The quantitative estimate of drug-likeness (QED) is 0.873. The maximum absolute atomic E-state index is 12.0. The van der Waals surface area contributed by atoms with Crippen molar-refractivity contribution in [1.29, 1.82) is 0 Å². The molecule has 0 aliphatic heterocycles. The van der Waals surface area contributed by atoms with E-state index in [9.17, 15) is 4.79 Å². The van der Waals surface area contributed by atoms with Crippen molar-refractivity contribution in [2.24, 2.45) is 5.92 Å². The topological polar surface area (TPSA) is 38.3 Å². The highest BCUT2D eigenvalue weighted by Crippen LogP contribution is 2.28. The molecule has 0 atom stereocenters. The lowest BCUT2D eigenvalue weighted by Crippen LogP contribution is -2.27. The van der Waals surface area contributed by atoms with Gasteiger partial charge in [-0.15, -0.1) is 0 Å². The molecule has 3 heteroatoms. The minimum absolute atomic E-state index is 0.132. The van der Waals surface area contributed by atoms with Crippen LogP contribution in [-0.4, -0.2) is 12.5 Å². The molecule has 0 saturated heterocycles. The fraction of sp³-hybridized carbons (Fsp3) is 0.316. The first-order chi connectivity index (χ1) is 10.8. The minimum Gasteiger partial charge on any atom is -0.493 e. The van der Waals surface area contributed by atoms with Gasteiger partial charge in [-0.05, 0) is 30.5 Å². The van der Waals surface area contributed by atoms with E-state index in [1.807, 2.05) is 42.5 Å². The second kappa shape index (κ2) is 7.12. The summed E-state index contributed by atoms with van der Waals surface area (Å²) in [6.45, 7) is 0.629. The average molecular weight is 295 g/mol. The lowest BCUT2D eigenvalue weighted by atomic mass is 9.85. The summed E-state index contributed by atoms with van der Waals surface area (Å²) in [6.07, 6.45) is 4.07. The van der Waals surface area contributed by atoms with E-state index in [0.717, 1.165) is 30.7 Å². The Labute approximate surface area is 131 Å². The maximum Gasteiger partial charge on any atom is 0.227 e. The molecular formula is C19H21NO2. The van der Waals surface area contributed by atoms with Gasteiger partial charge in [0.1, 0.15) is 5.75 Å². The monoisotopic (exact) mass is 295 g/mol. The molecular weight excluding hydrogens is 274 g/mol. The largest absolute Gasteiger partial charge is 0.493 e. The number of nitrogens with one attached hydrogen (secondary N) is 1. The number of carbonyl (C=O) groups is 1. The second-order valence-electron chi connectivity index (χ2n) is 5.73. The van der Waals surface area contributed by atoms with Crippen LogP contribution in [0.25, 0.3) is 0 Å². The Balaban J connectivity index is 1.51. The number of amides is 1. The van der Waals surface area contributed by atoms with Crippen molar-refractivity contribution in [3.63, 3.8) is 0 Å². The smallest absolute Gasteiger partial charge is 0.227 e. The molecule has 1 N–H and O–H groups in total. The summed E-state index contributed by atoms with van der Waals surface area (Å²) in [4.78, 5) is 12.0. The van der Waals surface area contributed by atoms with Gasteiger partial charge in [-0.2, -0.15) is 0 Å². The summed E-state index contributed by atoms with van der Waals surface area (Å²) < 4.78 is 5.78. The van der Waals surface area contributed by atoms with Crippen molar-refractivity contribution in [3.05, 3.63) is 60.2 Å². The Morgan fingerprint density at radius 1 is 1.09 bits per heavy atom. The van der Waals surface area contributed by atoms with E-state index in [2.05, 4.69) is 17.4 Å². The van der Waals surface area contributed by atoms with Crippen molar-refractivity contribution in [2.45, 2.75) is 25.7 Å². The van der Waals surface area contributed by atoms with E-state index < -0.39 is 0 Å². The normalized spacial score (nSPS) is 14.2. The van der Waals surface area contributed by atoms with Crippen LogP contribution in [0, 0.1) is 5.92 Å². The fourth-order valence-corrected chi connectivity index (χ4v) is 2.51. The molecule has 1 fully saturated rings. The third-order valence-corrected chi connectivity index (χ3v) is 4.08. The lowest BCUT2D eigenvalue weighted by molar-refractivity contribution is -0.122. The van der Waals surface area contributed by atoms with Crippen LogP contribution >= 0.6 is 0 Å². The zero-order chi connectivity index (χ0) is 15.2. The van der Waals surface area contributed by atoms with Gasteiger partial charge in [0.25, 0.3) is 0 Å². The highest BCUT2D eigenvalue weighted by Gasteiger charge is 2.25. The van der Waals surface area contributed by atoms with Gasteiger partial charge in [-0.3, -0.25) is 4.79 Å². The number of hydrogen-bond donors (Lipinski definition) is 1. The Bertz CT molecular complexity index is 620. The van der Waals surface area contributed by atoms with Gasteiger partial charge in [0.05, 0.1) is 6.61 Å². The minimum atomic E-state index is 0.132. The van der Waals surface area contributed by atoms with Crippen molar-refractivity contribution < 1.29 is 9.53 Å². The second-order valence-corrected chi connectivity index (χ2v) is 5.73. The number of benzene rings is 2. The first kappa shape index (κ1) is 14.6. The Morgan fingerprint density at radius 2 is 1.91 bits per heavy atom. The molecule has 0 radical (unpaired) electrons. The van der Waals surface area contributed by atoms with Gasteiger partial charge >= 0.3 is 0 Å². The number of anilines is 1. The molecule has 1 amide bonds. The third-order valence-electron chi connectivity index (χ3n) is 4.08. The number of rotatable bonds is 6. The molecule has 1 aliphatic carbocycles. The van der Waals surface area contributed by atoms with Gasteiger partial charge in [0, 0.05) is 24.1 Å². The third kappa shape index (κ3) is 3.88. The molecule has 2 aromatic carbocycles. The molecule has 2 aromatic rings. The van der Waals surface area contributed by atoms with Crippen molar-refractivity contribution in [2.75, 3.05) is 11.9 Å². The maximum atomic E-state index is 12.0. The lowest BCUT2D eigenvalue weighted by Gasteiger charge is -2.24. The summed E-state index contributed by atoms with van der Waals surface area (Å²) in [5.41, 5.74) is 2.08. The Hall–Kier alpha value is -2.29. The highest BCUT2D eigenvalue weighted by molar-refractivity contribution is 5.93. The summed E-state index contributed by atoms with van der Waals surface area (Å²) in [5.74, 6) is 1.12. The Morgan fingerprint density at radius 3 is 2.64 bits per heavy atom. The van der Waals surface area contributed by atoms with Gasteiger partial charge in [0.15, 0.2) is 0 Å². The van der Waals surface area contributed by atoms with Crippen molar-refractivity contribution in [3.8, 4) is 5.75 Å². The summed E-state index contributed by atoms with van der Waals surface area (Å²) in [5, 5.41) is 2.97. The van der Waals surface area contributed by atoms with Crippen LogP contribution < -0.4 is 10.1 Å². The zero-order valence-electron chi connectivity index (χ0n) is 12.6. The Kier molecular flexibility index (Phi) is 4.74. The molecule has 0 aromatic heterocycles. The SMILES string of the molecule is O=C(Nc1cccc(OCCc2ccccc2)c1)C1CCC1. The molecule has 3 rings (SSSR count). The van der Waals surface area contributed by atoms with E-state index in [4.69, 9.17) is 4.74 Å². The van der Waals surface area contributed by atoms with Crippen molar-refractivity contribution in [1.82, 2.24) is 0 Å². The van der Waals surface area contributed by atoms with Crippen LogP contribution in [0.5, 0.6) is 5.75 Å². The summed E-state index contributed by atoms with van der Waals surface area (Å²) in [7, 11) is 0. The van der Waals surface area contributed by atoms with Crippen molar-refractivity contribution >= 4 is 11.6 Å². The van der Waals surface area contributed by atoms with Gasteiger partial charge in [0.2, 0.25) is 5.91 Å². The van der Waals surface area contributed by atoms with Gasteiger partial charge < -0.3 is 10.1 Å². The predicted molar refractivity (Wildman–Crippen MR) is 88.1 cm³/mol. The van der Waals surface area contributed by atoms with Gasteiger partial charge in [-0.1, -0.05) is 42.8 Å². The van der Waals surface area contributed by atoms with E-state index >= 15 is 0 Å². The fourth-order valence-electron chi connectivity index (χ4n) is 2.51. The molecule has 0 bridgehead atoms. The number of hydrogen-bond acceptors (Lipinski definition) is 2.